The van der Waals surface area contributed by atoms with Crippen molar-refractivity contribution in [3.8, 4) is 0 Å². The van der Waals surface area contributed by atoms with Crippen molar-refractivity contribution in [1.82, 2.24) is 15.3 Å². The molecular weight excluding hydrogens is 417 g/mol. The van der Waals surface area contributed by atoms with Crippen molar-refractivity contribution < 1.29 is 9.53 Å². The van der Waals surface area contributed by atoms with Crippen molar-refractivity contribution in [2.45, 2.75) is 37.4 Å². The first-order valence-corrected chi connectivity index (χ1v) is 9.37. The summed E-state index contributed by atoms with van der Waals surface area (Å²) in [5, 5.41) is 2.63. The summed E-state index contributed by atoms with van der Waals surface area (Å²) in [6.45, 7) is 4.45. The highest BCUT2D eigenvalue weighted by molar-refractivity contribution is 14.1. The number of carbonyl (C=O) groups excluding carboxylic acids is 1. The van der Waals surface area contributed by atoms with Crippen molar-refractivity contribution in [2.75, 3.05) is 7.05 Å². The van der Waals surface area contributed by atoms with Gasteiger partial charge in [0.05, 0.1) is 18.4 Å². The summed E-state index contributed by atoms with van der Waals surface area (Å²) in [4.78, 5) is 20.8. The van der Waals surface area contributed by atoms with E-state index in [4.69, 9.17) is 4.74 Å². The number of alkyl halides is 1. The zero-order valence-electron chi connectivity index (χ0n) is 14.2. The Hall–Kier alpha value is -1.54. The van der Waals surface area contributed by atoms with Crippen LogP contribution >= 0.6 is 22.6 Å². The quantitative estimate of drug-likeness (QED) is 0.532. The second-order valence-electron chi connectivity index (χ2n) is 5.76. The average Bonchev–Trinajstić information content (AvgIpc) is 2.59. The Kier molecular flexibility index (Phi) is 7.11. The molecule has 0 bridgehead atoms. The van der Waals surface area contributed by atoms with E-state index in [1.807, 2.05) is 32.2 Å². The zero-order valence-corrected chi connectivity index (χ0v) is 16.3. The first kappa shape index (κ1) is 18.8. The van der Waals surface area contributed by atoms with Gasteiger partial charge in [-0.3, -0.25) is 9.78 Å². The van der Waals surface area contributed by atoms with Gasteiger partial charge in [0.25, 0.3) is 5.91 Å². The molecule has 0 aromatic carbocycles. The molecule has 6 heteroatoms. The van der Waals surface area contributed by atoms with E-state index in [0.717, 1.165) is 26.9 Å². The molecule has 0 saturated carbocycles. The topological polar surface area (TPSA) is 64.1 Å². The number of halogens is 1. The van der Waals surface area contributed by atoms with Gasteiger partial charge in [0.15, 0.2) is 0 Å². The molecule has 128 valence electrons. The van der Waals surface area contributed by atoms with Gasteiger partial charge in [0, 0.05) is 29.8 Å². The van der Waals surface area contributed by atoms with Crippen molar-refractivity contribution in [1.29, 1.82) is 0 Å². The first-order valence-electron chi connectivity index (χ1n) is 7.85. The van der Waals surface area contributed by atoms with Gasteiger partial charge in [0.1, 0.15) is 5.69 Å². The Labute approximate surface area is 156 Å². The molecule has 5 nitrogen and oxygen atoms in total. The largest absolute Gasteiger partial charge is 0.374 e. The molecule has 2 rings (SSSR count). The molecule has 0 radical (unpaired) electrons. The summed E-state index contributed by atoms with van der Waals surface area (Å²) >= 11 is 2.29. The Morgan fingerprint density at radius 3 is 2.67 bits per heavy atom. The fourth-order valence-electron chi connectivity index (χ4n) is 2.25. The van der Waals surface area contributed by atoms with Crippen LogP contribution in [0.15, 0.2) is 30.5 Å². The fourth-order valence-corrected chi connectivity index (χ4v) is 2.67. The van der Waals surface area contributed by atoms with Gasteiger partial charge in [-0.2, -0.15) is 0 Å². The van der Waals surface area contributed by atoms with Crippen LogP contribution in [-0.2, 0) is 22.2 Å². The van der Waals surface area contributed by atoms with E-state index in [9.17, 15) is 4.79 Å². The minimum absolute atomic E-state index is 0.136. The number of amides is 1. The molecule has 0 aliphatic heterocycles. The summed E-state index contributed by atoms with van der Waals surface area (Å²) in [5.41, 5.74) is 4.40. The Bertz CT molecular complexity index is 704. The molecule has 1 amide bonds. The minimum Gasteiger partial charge on any atom is -0.374 e. The Morgan fingerprint density at radius 1 is 1.25 bits per heavy atom. The van der Waals surface area contributed by atoms with Crippen LogP contribution in [0.1, 0.15) is 46.9 Å². The molecule has 0 atom stereocenters. The third-order valence-corrected chi connectivity index (χ3v) is 4.17. The van der Waals surface area contributed by atoms with E-state index in [-0.39, 0.29) is 12.0 Å². The number of pyridine rings is 2. The van der Waals surface area contributed by atoms with E-state index < -0.39 is 0 Å². The van der Waals surface area contributed by atoms with Crippen LogP contribution in [0.4, 0.5) is 0 Å². The zero-order chi connectivity index (χ0) is 17.5. The smallest absolute Gasteiger partial charge is 0.269 e. The highest BCUT2D eigenvalue weighted by Gasteiger charge is 2.11. The maximum absolute atomic E-state index is 12.0. The number of aromatic nitrogens is 2. The van der Waals surface area contributed by atoms with Crippen LogP contribution in [0.2, 0.25) is 0 Å². The lowest BCUT2D eigenvalue weighted by atomic mass is 10.1. The lowest BCUT2D eigenvalue weighted by Crippen LogP contribution is -2.20. The first-order chi connectivity index (χ1) is 11.5. The molecule has 2 aromatic rings. The minimum atomic E-state index is -0.190. The van der Waals surface area contributed by atoms with Gasteiger partial charge >= 0.3 is 0 Å². The normalized spacial score (nSPS) is 10.9. The SMILES string of the molecule is CNC(=O)c1cc(COC(C)C)cc(Cc2ccnc(CI)c2)n1. The third-order valence-electron chi connectivity index (χ3n) is 3.38. The predicted octanol–water partition coefficient (Wildman–Crippen LogP) is 3.29. The van der Waals surface area contributed by atoms with E-state index in [1.165, 1.54) is 0 Å². The summed E-state index contributed by atoms with van der Waals surface area (Å²) in [7, 11) is 1.61. The molecule has 0 aliphatic carbocycles. The van der Waals surface area contributed by atoms with Crippen LogP contribution in [-0.4, -0.2) is 29.0 Å². The van der Waals surface area contributed by atoms with Crippen LogP contribution in [0.25, 0.3) is 0 Å². The summed E-state index contributed by atoms with van der Waals surface area (Å²) in [6.07, 6.45) is 2.61. The molecule has 0 saturated heterocycles. The van der Waals surface area contributed by atoms with Crippen LogP contribution in [0, 0.1) is 0 Å². The molecule has 2 aromatic heterocycles. The number of nitrogens with zero attached hydrogens (tertiary/aromatic N) is 2. The number of nitrogens with one attached hydrogen (secondary N) is 1. The van der Waals surface area contributed by atoms with Crippen LogP contribution < -0.4 is 5.32 Å². The van der Waals surface area contributed by atoms with Gasteiger partial charge in [-0.1, -0.05) is 22.6 Å². The second-order valence-corrected chi connectivity index (χ2v) is 6.52. The third kappa shape index (κ3) is 5.52. The van der Waals surface area contributed by atoms with Gasteiger partial charge in [-0.25, -0.2) is 4.98 Å². The van der Waals surface area contributed by atoms with Crippen molar-refractivity contribution in [2.24, 2.45) is 0 Å². The molecule has 0 aliphatic rings. The maximum atomic E-state index is 12.0. The molecular formula is C18H22IN3O2. The van der Waals surface area contributed by atoms with Crippen molar-refractivity contribution >= 4 is 28.5 Å². The highest BCUT2D eigenvalue weighted by Crippen LogP contribution is 2.14. The molecule has 0 fully saturated rings. The number of rotatable bonds is 7. The van der Waals surface area contributed by atoms with Crippen molar-refractivity contribution in [3.05, 3.63) is 58.7 Å². The predicted molar refractivity (Wildman–Crippen MR) is 102 cm³/mol. The van der Waals surface area contributed by atoms with Gasteiger partial charge in [-0.05, 0) is 49.2 Å². The van der Waals surface area contributed by atoms with E-state index in [1.54, 1.807) is 13.1 Å². The second kappa shape index (κ2) is 9.08. The van der Waals surface area contributed by atoms with Gasteiger partial charge in [-0.15, -0.1) is 0 Å². The van der Waals surface area contributed by atoms with Gasteiger partial charge in [0.2, 0.25) is 0 Å². The van der Waals surface area contributed by atoms with E-state index >= 15 is 0 Å². The molecule has 0 spiro atoms. The summed E-state index contributed by atoms with van der Waals surface area (Å²) in [5.74, 6) is -0.190. The van der Waals surface area contributed by atoms with Crippen LogP contribution in [0.5, 0.6) is 0 Å². The number of hydrogen-bond acceptors (Lipinski definition) is 4. The van der Waals surface area contributed by atoms with E-state index in [2.05, 4.69) is 43.9 Å². The number of ether oxygens (including phenoxy) is 1. The lowest BCUT2D eigenvalue weighted by Gasteiger charge is -2.11. The van der Waals surface area contributed by atoms with Gasteiger partial charge < -0.3 is 10.1 Å². The molecule has 24 heavy (non-hydrogen) atoms. The summed E-state index contributed by atoms with van der Waals surface area (Å²) < 4.78 is 6.53. The van der Waals surface area contributed by atoms with Crippen LogP contribution in [0.3, 0.4) is 0 Å². The van der Waals surface area contributed by atoms with E-state index in [0.29, 0.717) is 18.7 Å². The Balaban J connectivity index is 2.29. The number of hydrogen-bond donors (Lipinski definition) is 1. The van der Waals surface area contributed by atoms with Crippen molar-refractivity contribution in [3.63, 3.8) is 0 Å². The monoisotopic (exact) mass is 439 g/mol. The highest BCUT2D eigenvalue weighted by atomic mass is 127. The molecule has 1 N–H and O–H groups in total. The average molecular weight is 439 g/mol. The maximum Gasteiger partial charge on any atom is 0.269 e. The molecule has 2 heterocycles. The number of carbonyl (C=O) groups is 1. The standard InChI is InChI=1S/C18H22IN3O2/c1-12(2)24-11-14-8-15(22-17(9-14)18(23)20-3)6-13-4-5-21-16(7-13)10-19/h4-5,7-9,12H,6,10-11H2,1-3H3,(H,20,23). The Morgan fingerprint density at radius 2 is 2.00 bits per heavy atom. The summed E-state index contributed by atoms with van der Waals surface area (Å²) in [6, 6.07) is 7.84. The fraction of sp³-hybridized carbons (Fsp3) is 0.389. The molecule has 0 unspecified atom stereocenters. The lowest BCUT2D eigenvalue weighted by molar-refractivity contribution is 0.0655.